The highest BCUT2D eigenvalue weighted by molar-refractivity contribution is 5.92. The van der Waals surface area contributed by atoms with E-state index in [-0.39, 0.29) is 23.9 Å². The Balaban J connectivity index is 1.86. The first-order valence-corrected chi connectivity index (χ1v) is 9.54. The Morgan fingerprint density at radius 1 is 1.29 bits per heavy atom. The van der Waals surface area contributed by atoms with Crippen LogP contribution in [0.5, 0.6) is 5.75 Å². The Hall–Kier alpha value is -4.21. The van der Waals surface area contributed by atoms with Crippen LogP contribution < -0.4 is 5.32 Å². The highest BCUT2D eigenvalue weighted by Gasteiger charge is 2.35. The van der Waals surface area contributed by atoms with E-state index in [2.05, 4.69) is 15.4 Å². The van der Waals surface area contributed by atoms with Crippen molar-refractivity contribution in [3.63, 3.8) is 0 Å². The lowest BCUT2D eigenvalue weighted by Gasteiger charge is -2.28. The molecule has 1 unspecified atom stereocenters. The Labute approximate surface area is 177 Å². The van der Waals surface area contributed by atoms with E-state index in [0.29, 0.717) is 28.3 Å². The molecule has 31 heavy (non-hydrogen) atoms. The van der Waals surface area contributed by atoms with Gasteiger partial charge in [0, 0.05) is 23.4 Å². The monoisotopic (exact) mass is 421 g/mol. The summed E-state index contributed by atoms with van der Waals surface area (Å²) in [4.78, 5) is 27.9. The third-order valence-electron chi connectivity index (χ3n) is 4.85. The Bertz CT molecular complexity index is 1220. The highest BCUT2D eigenvalue weighted by Crippen LogP contribution is 2.37. The fraction of sp³-hybridized carbons (Fsp3) is 0.190. The van der Waals surface area contributed by atoms with Crippen molar-refractivity contribution in [2.45, 2.75) is 19.9 Å². The largest absolute Gasteiger partial charge is 0.508 e. The average molecular weight is 421 g/mol. The van der Waals surface area contributed by atoms with Crippen molar-refractivity contribution in [3.8, 4) is 17.1 Å². The zero-order chi connectivity index (χ0) is 22.1. The summed E-state index contributed by atoms with van der Waals surface area (Å²) in [6.07, 6.45) is 0. The molecule has 1 aliphatic heterocycles. The molecule has 0 amide bonds. The number of hydrogen-bond acceptors (Lipinski definition) is 8. The second-order valence-corrected chi connectivity index (χ2v) is 6.89. The van der Waals surface area contributed by atoms with E-state index in [0.717, 1.165) is 0 Å². The number of allylic oxidation sites excluding steroid dienone is 1. The van der Waals surface area contributed by atoms with Crippen LogP contribution in [0.2, 0.25) is 0 Å². The van der Waals surface area contributed by atoms with Crippen LogP contribution in [-0.4, -0.2) is 37.4 Å². The van der Waals surface area contributed by atoms with Crippen LogP contribution in [0.1, 0.15) is 25.5 Å². The number of fused-ring (bicyclic) bond motifs is 1. The first-order chi connectivity index (χ1) is 14.9. The summed E-state index contributed by atoms with van der Waals surface area (Å²) < 4.78 is 6.76. The lowest BCUT2D eigenvalue weighted by atomic mass is 9.95. The van der Waals surface area contributed by atoms with Crippen molar-refractivity contribution in [2.75, 3.05) is 11.9 Å². The molecular weight excluding hydrogens is 402 g/mol. The molecule has 4 rings (SSSR count). The Morgan fingerprint density at radius 2 is 2.06 bits per heavy atom. The molecule has 3 aromatic rings. The maximum absolute atomic E-state index is 12.8. The van der Waals surface area contributed by atoms with Gasteiger partial charge in [0.2, 0.25) is 5.95 Å². The number of carbonyl (C=O) groups is 1. The summed E-state index contributed by atoms with van der Waals surface area (Å²) in [6, 6.07) is 11.8. The molecule has 0 saturated carbocycles. The van der Waals surface area contributed by atoms with E-state index in [1.807, 2.05) is 0 Å². The fourth-order valence-corrected chi connectivity index (χ4v) is 3.51. The van der Waals surface area contributed by atoms with Gasteiger partial charge in [0.1, 0.15) is 11.8 Å². The number of esters is 1. The van der Waals surface area contributed by atoms with E-state index in [1.54, 1.807) is 44.2 Å². The molecule has 0 bridgehead atoms. The van der Waals surface area contributed by atoms with Gasteiger partial charge in [-0.2, -0.15) is 4.98 Å². The number of aromatic nitrogens is 3. The molecule has 10 heteroatoms. The van der Waals surface area contributed by atoms with Gasteiger partial charge in [0.05, 0.1) is 17.1 Å². The number of nitro benzene ring substituents is 1. The number of non-ortho nitro benzene ring substituents is 1. The molecule has 0 fully saturated rings. The number of carbonyl (C=O) groups excluding carboxylic acids is 1. The molecule has 0 saturated heterocycles. The number of ether oxygens (including phenoxy) is 1. The first kappa shape index (κ1) is 20.1. The number of nitrogens with one attached hydrogen (secondary N) is 1. The predicted molar refractivity (Wildman–Crippen MR) is 111 cm³/mol. The quantitative estimate of drug-likeness (QED) is 0.364. The molecule has 1 atom stereocenters. The average Bonchev–Trinajstić information content (AvgIpc) is 3.16. The molecule has 1 aromatic heterocycles. The fourth-order valence-electron chi connectivity index (χ4n) is 3.51. The SMILES string of the molecule is CCOC(=O)C1=C(C)Nc2nc(-c3cccc([N+](=O)[O-])c3)nn2C1c1cccc(O)c1. The number of hydrogen-bond donors (Lipinski definition) is 2. The van der Waals surface area contributed by atoms with Gasteiger partial charge in [0.25, 0.3) is 5.69 Å². The van der Waals surface area contributed by atoms with E-state index < -0.39 is 16.9 Å². The molecule has 10 nitrogen and oxygen atoms in total. The van der Waals surface area contributed by atoms with Crippen molar-refractivity contribution in [1.29, 1.82) is 0 Å². The standard InChI is InChI=1S/C21H19N5O5/c1-3-31-20(28)17-12(2)22-21-23-19(14-7-4-8-15(10-14)26(29)30)24-25(21)18(17)13-6-5-9-16(27)11-13/h4-11,18,27H,3H2,1-2H3,(H,22,23,24). The van der Waals surface area contributed by atoms with Gasteiger partial charge in [0.15, 0.2) is 5.82 Å². The predicted octanol–water partition coefficient (Wildman–Crippen LogP) is 3.41. The summed E-state index contributed by atoms with van der Waals surface area (Å²) in [5, 5.41) is 28.7. The van der Waals surface area contributed by atoms with Gasteiger partial charge in [-0.15, -0.1) is 5.10 Å². The van der Waals surface area contributed by atoms with Crippen LogP contribution in [-0.2, 0) is 9.53 Å². The van der Waals surface area contributed by atoms with Crippen molar-refractivity contribution < 1.29 is 19.6 Å². The number of phenols is 1. The third-order valence-corrected chi connectivity index (χ3v) is 4.85. The molecule has 2 N–H and O–H groups in total. The minimum absolute atomic E-state index is 0.0393. The molecule has 0 spiro atoms. The van der Waals surface area contributed by atoms with E-state index in [9.17, 15) is 20.0 Å². The van der Waals surface area contributed by atoms with E-state index >= 15 is 0 Å². The van der Waals surface area contributed by atoms with Gasteiger partial charge in [-0.3, -0.25) is 10.1 Å². The second kappa shape index (κ2) is 7.90. The third kappa shape index (κ3) is 3.70. The highest BCUT2D eigenvalue weighted by atomic mass is 16.6. The summed E-state index contributed by atoms with van der Waals surface area (Å²) >= 11 is 0. The lowest BCUT2D eigenvalue weighted by Crippen LogP contribution is -2.29. The normalized spacial score (nSPS) is 15.2. The summed E-state index contributed by atoms with van der Waals surface area (Å²) in [7, 11) is 0. The van der Waals surface area contributed by atoms with Crippen molar-refractivity contribution >= 4 is 17.6 Å². The molecular formula is C21H19N5O5. The van der Waals surface area contributed by atoms with Crippen LogP contribution in [0.3, 0.4) is 0 Å². The van der Waals surface area contributed by atoms with Gasteiger partial charge >= 0.3 is 5.97 Å². The van der Waals surface area contributed by atoms with Gasteiger partial charge in [-0.05, 0) is 31.5 Å². The number of nitro groups is 1. The van der Waals surface area contributed by atoms with Crippen LogP contribution in [0.15, 0.2) is 59.8 Å². The van der Waals surface area contributed by atoms with Gasteiger partial charge in [-0.1, -0.05) is 24.3 Å². The van der Waals surface area contributed by atoms with Crippen molar-refractivity contribution in [3.05, 3.63) is 75.5 Å². The van der Waals surface area contributed by atoms with Crippen LogP contribution in [0.4, 0.5) is 11.6 Å². The Kier molecular flexibility index (Phi) is 5.12. The lowest BCUT2D eigenvalue weighted by molar-refractivity contribution is -0.384. The molecule has 1 aliphatic rings. The number of benzene rings is 2. The second-order valence-electron chi connectivity index (χ2n) is 6.89. The van der Waals surface area contributed by atoms with Crippen LogP contribution >= 0.6 is 0 Å². The number of phenolic OH excluding ortho intramolecular Hbond substituents is 1. The van der Waals surface area contributed by atoms with E-state index in [1.165, 1.54) is 22.9 Å². The molecule has 0 aliphatic carbocycles. The molecule has 158 valence electrons. The Morgan fingerprint density at radius 3 is 2.77 bits per heavy atom. The summed E-state index contributed by atoms with van der Waals surface area (Å²) in [5.41, 5.74) is 1.86. The van der Waals surface area contributed by atoms with Crippen molar-refractivity contribution in [1.82, 2.24) is 14.8 Å². The smallest absolute Gasteiger partial charge is 0.338 e. The minimum atomic E-state index is -0.706. The van der Waals surface area contributed by atoms with Crippen LogP contribution in [0.25, 0.3) is 11.4 Å². The topological polar surface area (TPSA) is 132 Å². The van der Waals surface area contributed by atoms with Crippen LogP contribution in [0, 0.1) is 10.1 Å². The number of aromatic hydroxyl groups is 1. The molecule has 0 radical (unpaired) electrons. The maximum atomic E-state index is 12.8. The number of anilines is 1. The van der Waals surface area contributed by atoms with E-state index in [4.69, 9.17) is 4.74 Å². The summed E-state index contributed by atoms with van der Waals surface area (Å²) in [5.74, 6) is 0.144. The number of rotatable bonds is 5. The molecule has 2 heterocycles. The maximum Gasteiger partial charge on any atom is 0.338 e. The number of nitrogens with zero attached hydrogens (tertiary/aromatic N) is 4. The first-order valence-electron chi connectivity index (χ1n) is 9.54. The zero-order valence-corrected chi connectivity index (χ0v) is 16.8. The van der Waals surface area contributed by atoms with Gasteiger partial charge in [-0.25, -0.2) is 9.48 Å². The van der Waals surface area contributed by atoms with Crippen molar-refractivity contribution in [2.24, 2.45) is 0 Å². The zero-order valence-electron chi connectivity index (χ0n) is 16.8. The minimum Gasteiger partial charge on any atom is -0.508 e. The van der Waals surface area contributed by atoms with Gasteiger partial charge < -0.3 is 15.2 Å². The molecule has 2 aromatic carbocycles. The summed E-state index contributed by atoms with van der Waals surface area (Å²) in [6.45, 7) is 3.65.